The van der Waals surface area contributed by atoms with E-state index in [1.165, 1.54) is 0 Å². The van der Waals surface area contributed by atoms with Gasteiger partial charge in [-0.3, -0.25) is 0 Å². The zero-order valence-corrected chi connectivity index (χ0v) is 11.9. The van der Waals surface area contributed by atoms with E-state index < -0.39 is 0 Å². The van der Waals surface area contributed by atoms with E-state index >= 15 is 0 Å². The van der Waals surface area contributed by atoms with Gasteiger partial charge in [-0.25, -0.2) is 9.67 Å². The molecule has 0 bridgehead atoms. The minimum Gasteiger partial charge on any atom is -0.216 e. The van der Waals surface area contributed by atoms with E-state index in [1.54, 1.807) is 4.68 Å². The van der Waals surface area contributed by atoms with E-state index in [1.807, 2.05) is 26.8 Å². The molecule has 0 aliphatic rings. The summed E-state index contributed by atoms with van der Waals surface area (Å²) >= 11 is 6.04. The molecule has 0 unspecified atom stereocenters. The van der Waals surface area contributed by atoms with Crippen molar-refractivity contribution < 1.29 is 0 Å². The van der Waals surface area contributed by atoms with Gasteiger partial charge >= 0.3 is 0 Å². The smallest absolute Gasteiger partial charge is 0.216 e. The number of aryl methyl sites for hydroxylation is 2. The first-order valence-electron chi connectivity index (χ1n) is 6.09. The van der Waals surface area contributed by atoms with Gasteiger partial charge in [0.1, 0.15) is 5.15 Å². The third-order valence-electron chi connectivity index (χ3n) is 3.08. The minimum absolute atomic E-state index is 0.466. The van der Waals surface area contributed by atoms with Crippen LogP contribution in [0.25, 0.3) is 5.95 Å². The second-order valence-corrected chi connectivity index (χ2v) is 4.83. The van der Waals surface area contributed by atoms with Crippen LogP contribution in [0.3, 0.4) is 0 Å². The molecular weight excluding hydrogens is 248 g/mol. The van der Waals surface area contributed by atoms with Gasteiger partial charge in [0.15, 0.2) is 0 Å². The molecule has 0 amide bonds. The van der Waals surface area contributed by atoms with Crippen molar-refractivity contribution in [3.63, 3.8) is 0 Å². The summed E-state index contributed by atoms with van der Waals surface area (Å²) in [4.78, 5) is 8.77. The predicted octanol–water partition coefficient (Wildman–Crippen LogP) is 3.19. The molecule has 2 heterocycles. The van der Waals surface area contributed by atoms with Crippen LogP contribution in [0.1, 0.15) is 36.0 Å². The molecule has 0 fully saturated rings. The SMILES string of the molecule is CCCc1cc(Cl)nc(-n2nc(C)c(C)c2C)n1. The summed E-state index contributed by atoms with van der Waals surface area (Å²) in [6, 6.07) is 1.81. The Bertz CT molecular complexity index is 575. The molecular formula is C13H17ClN4. The highest BCUT2D eigenvalue weighted by atomic mass is 35.5. The summed E-state index contributed by atoms with van der Waals surface area (Å²) < 4.78 is 1.76. The van der Waals surface area contributed by atoms with Crippen LogP contribution in [0, 0.1) is 20.8 Å². The van der Waals surface area contributed by atoms with Gasteiger partial charge < -0.3 is 0 Å². The monoisotopic (exact) mass is 264 g/mol. The van der Waals surface area contributed by atoms with Gasteiger partial charge in [-0.05, 0) is 38.8 Å². The fourth-order valence-electron chi connectivity index (χ4n) is 1.85. The van der Waals surface area contributed by atoms with Crippen LogP contribution < -0.4 is 0 Å². The quantitative estimate of drug-likeness (QED) is 0.800. The van der Waals surface area contributed by atoms with Gasteiger partial charge in [-0.1, -0.05) is 24.9 Å². The van der Waals surface area contributed by atoms with Crippen LogP contribution in [0.2, 0.25) is 5.15 Å². The van der Waals surface area contributed by atoms with Crippen molar-refractivity contribution in [3.8, 4) is 5.95 Å². The van der Waals surface area contributed by atoms with Crippen LogP contribution in [0.5, 0.6) is 0 Å². The largest absolute Gasteiger partial charge is 0.252 e. The molecule has 0 spiro atoms. The maximum absolute atomic E-state index is 6.04. The summed E-state index contributed by atoms with van der Waals surface area (Å²) in [5.74, 6) is 0.555. The standard InChI is InChI=1S/C13H17ClN4/c1-5-6-11-7-12(14)16-13(15-11)18-10(4)8(2)9(3)17-18/h7H,5-6H2,1-4H3. The highest BCUT2D eigenvalue weighted by Crippen LogP contribution is 2.17. The molecule has 0 N–H and O–H groups in total. The van der Waals surface area contributed by atoms with Crippen molar-refractivity contribution in [1.29, 1.82) is 0 Å². The van der Waals surface area contributed by atoms with E-state index in [-0.39, 0.29) is 0 Å². The number of aromatic nitrogens is 4. The molecule has 0 atom stereocenters. The zero-order valence-electron chi connectivity index (χ0n) is 11.2. The summed E-state index contributed by atoms with van der Waals surface area (Å²) in [6.07, 6.45) is 1.93. The van der Waals surface area contributed by atoms with Crippen LogP contribution >= 0.6 is 11.6 Å². The van der Waals surface area contributed by atoms with Gasteiger partial charge in [0.2, 0.25) is 0 Å². The predicted molar refractivity (Wildman–Crippen MR) is 72.4 cm³/mol. The Morgan fingerprint density at radius 2 is 1.94 bits per heavy atom. The lowest BCUT2D eigenvalue weighted by Crippen LogP contribution is -2.07. The molecule has 0 aliphatic carbocycles. The summed E-state index contributed by atoms with van der Waals surface area (Å²) in [5, 5.41) is 4.92. The van der Waals surface area contributed by atoms with Crippen LogP contribution in [-0.4, -0.2) is 19.7 Å². The minimum atomic E-state index is 0.466. The van der Waals surface area contributed by atoms with Crippen molar-refractivity contribution in [2.45, 2.75) is 40.5 Å². The van der Waals surface area contributed by atoms with E-state index in [4.69, 9.17) is 11.6 Å². The summed E-state index contributed by atoms with van der Waals surface area (Å²) in [6.45, 7) is 8.16. The second-order valence-electron chi connectivity index (χ2n) is 4.44. The first-order valence-corrected chi connectivity index (χ1v) is 6.47. The van der Waals surface area contributed by atoms with Crippen molar-refractivity contribution in [2.75, 3.05) is 0 Å². The topological polar surface area (TPSA) is 43.6 Å². The molecule has 96 valence electrons. The summed E-state index contributed by atoms with van der Waals surface area (Å²) in [7, 11) is 0. The lowest BCUT2D eigenvalue weighted by Gasteiger charge is -2.06. The van der Waals surface area contributed by atoms with Crippen LogP contribution in [0.4, 0.5) is 0 Å². The second kappa shape index (κ2) is 5.06. The number of hydrogen-bond donors (Lipinski definition) is 0. The molecule has 0 saturated heterocycles. The van der Waals surface area contributed by atoms with Gasteiger partial charge in [0, 0.05) is 11.4 Å². The number of nitrogens with zero attached hydrogens (tertiary/aromatic N) is 4. The fraction of sp³-hybridized carbons (Fsp3) is 0.462. The highest BCUT2D eigenvalue weighted by Gasteiger charge is 2.12. The number of halogens is 1. The molecule has 2 aromatic heterocycles. The van der Waals surface area contributed by atoms with E-state index in [2.05, 4.69) is 22.0 Å². The molecule has 0 saturated carbocycles. The third-order valence-corrected chi connectivity index (χ3v) is 3.28. The maximum Gasteiger partial charge on any atom is 0.252 e. The van der Waals surface area contributed by atoms with E-state index in [9.17, 15) is 0 Å². The molecule has 2 rings (SSSR count). The van der Waals surface area contributed by atoms with Crippen molar-refractivity contribution >= 4 is 11.6 Å². The van der Waals surface area contributed by atoms with Gasteiger partial charge in [-0.15, -0.1) is 0 Å². The summed E-state index contributed by atoms with van der Waals surface area (Å²) in [5.41, 5.74) is 4.17. The average molecular weight is 265 g/mol. The normalized spacial score (nSPS) is 10.9. The molecule has 0 aliphatic heterocycles. The Labute approximate surface area is 112 Å². The Balaban J connectivity index is 2.52. The molecule has 5 heteroatoms. The van der Waals surface area contributed by atoms with Crippen LogP contribution in [0.15, 0.2) is 6.07 Å². The van der Waals surface area contributed by atoms with Gasteiger partial charge in [0.25, 0.3) is 5.95 Å². The van der Waals surface area contributed by atoms with Gasteiger partial charge in [0.05, 0.1) is 5.69 Å². The van der Waals surface area contributed by atoms with Crippen LogP contribution in [-0.2, 0) is 6.42 Å². The van der Waals surface area contributed by atoms with E-state index in [0.717, 1.165) is 35.5 Å². The molecule has 0 radical (unpaired) electrons. The first-order chi connectivity index (χ1) is 8.52. The first kappa shape index (κ1) is 13.0. The zero-order chi connectivity index (χ0) is 13.3. The number of hydrogen-bond acceptors (Lipinski definition) is 3. The lowest BCUT2D eigenvalue weighted by molar-refractivity contribution is 0.754. The third kappa shape index (κ3) is 2.38. The van der Waals surface area contributed by atoms with Crippen molar-refractivity contribution in [2.24, 2.45) is 0 Å². The number of rotatable bonds is 3. The average Bonchev–Trinajstić information content (AvgIpc) is 2.57. The molecule has 4 nitrogen and oxygen atoms in total. The fourth-order valence-corrected chi connectivity index (χ4v) is 2.05. The van der Waals surface area contributed by atoms with Gasteiger partial charge in [-0.2, -0.15) is 10.1 Å². The Morgan fingerprint density at radius 1 is 1.22 bits per heavy atom. The van der Waals surface area contributed by atoms with E-state index in [0.29, 0.717) is 11.1 Å². The molecule has 18 heavy (non-hydrogen) atoms. The Morgan fingerprint density at radius 3 is 2.50 bits per heavy atom. The molecule has 2 aromatic rings. The maximum atomic E-state index is 6.04. The Kier molecular flexibility index (Phi) is 3.66. The Hall–Kier alpha value is -1.42. The molecule has 0 aromatic carbocycles. The highest BCUT2D eigenvalue weighted by molar-refractivity contribution is 6.29. The van der Waals surface area contributed by atoms with Crippen molar-refractivity contribution in [3.05, 3.63) is 33.9 Å². The van der Waals surface area contributed by atoms with Crippen molar-refractivity contribution in [1.82, 2.24) is 19.7 Å². The lowest BCUT2D eigenvalue weighted by atomic mass is 10.2.